The molecule has 2 aromatic carbocycles. The van der Waals surface area contributed by atoms with Gasteiger partial charge in [0.25, 0.3) is 0 Å². The summed E-state index contributed by atoms with van der Waals surface area (Å²) < 4.78 is 37.4. The molecule has 2 rings (SSSR count). The SMILES string of the molecule is COc1ccc(OC)c(NC(=O)CN(C)S(=O)(=O)c2c(C)cc(C)cc2C)c1. The highest BCUT2D eigenvalue weighted by Gasteiger charge is 2.27. The van der Waals surface area contributed by atoms with Gasteiger partial charge in [0.1, 0.15) is 11.5 Å². The first-order valence-electron chi connectivity index (χ1n) is 8.66. The monoisotopic (exact) mass is 406 g/mol. The molecule has 0 spiro atoms. The summed E-state index contributed by atoms with van der Waals surface area (Å²) >= 11 is 0. The zero-order valence-corrected chi connectivity index (χ0v) is 17.8. The molecule has 0 heterocycles. The summed E-state index contributed by atoms with van der Waals surface area (Å²) in [7, 11) is 0.566. The summed E-state index contributed by atoms with van der Waals surface area (Å²) in [5.41, 5.74) is 2.69. The van der Waals surface area contributed by atoms with E-state index < -0.39 is 15.9 Å². The van der Waals surface area contributed by atoms with Crippen LogP contribution < -0.4 is 14.8 Å². The Labute approximate surface area is 166 Å². The van der Waals surface area contributed by atoms with Gasteiger partial charge >= 0.3 is 0 Å². The van der Waals surface area contributed by atoms with Gasteiger partial charge in [0.2, 0.25) is 15.9 Å². The summed E-state index contributed by atoms with van der Waals surface area (Å²) in [6.45, 7) is 5.08. The van der Waals surface area contributed by atoms with E-state index in [-0.39, 0.29) is 11.4 Å². The third kappa shape index (κ3) is 4.63. The zero-order valence-electron chi connectivity index (χ0n) is 17.0. The maximum atomic E-state index is 13.0. The Kier molecular flexibility index (Phi) is 6.69. The number of nitrogens with zero attached hydrogens (tertiary/aromatic N) is 1. The lowest BCUT2D eigenvalue weighted by molar-refractivity contribution is -0.116. The van der Waals surface area contributed by atoms with Gasteiger partial charge in [0, 0.05) is 13.1 Å². The molecule has 0 saturated heterocycles. The first-order chi connectivity index (χ1) is 13.1. The van der Waals surface area contributed by atoms with E-state index >= 15 is 0 Å². The molecule has 8 heteroatoms. The third-order valence-electron chi connectivity index (χ3n) is 4.32. The fraction of sp³-hybridized carbons (Fsp3) is 0.350. The molecule has 0 bridgehead atoms. The quantitative estimate of drug-likeness (QED) is 0.764. The first-order valence-corrected chi connectivity index (χ1v) is 10.1. The lowest BCUT2D eigenvalue weighted by atomic mass is 10.1. The Bertz CT molecular complexity index is 963. The van der Waals surface area contributed by atoms with Crippen LogP contribution in [0.5, 0.6) is 11.5 Å². The van der Waals surface area contributed by atoms with Gasteiger partial charge in [-0.15, -0.1) is 0 Å². The lowest BCUT2D eigenvalue weighted by Crippen LogP contribution is -2.35. The predicted molar refractivity (Wildman–Crippen MR) is 109 cm³/mol. The number of rotatable bonds is 7. The van der Waals surface area contributed by atoms with E-state index in [1.54, 1.807) is 32.0 Å². The Balaban J connectivity index is 2.23. The minimum Gasteiger partial charge on any atom is -0.497 e. The van der Waals surface area contributed by atoms with Crippen LogP contribution in [0.2, 0.25) is 0 Å². The van der Waals surface area contributed by atoms with Crippen LogP contribution in [-0.2, 0) is 14.8 Å². The normalized spacial score (nSPS) is 11.4. The molecule has 0 radical (unpaired) electrons. The molecule has 1 N–H and O–H groups in total. The second-order valence-electron chi connectivity index (χ2n) is 6.60. The summed E-state index contributed by atoms with van der Waals surface area (Å²) in [6, 6.07) is 8.60. The molecule has 0 aromatic heterocycles. The largest absolute Gasteiger partial charge is 0.497 e. The number of sulfonamides is 1. The topological polar surface area (TPSA) is 84.9 Å². The number of hydrogen-bond acceptors (Lipinski definition) is 5. The molecule has 0 unspecified atom stereocenters. The van der Waals surface area contributed by atoms with Crippen molar-refractivity contribution in [1.29, 1.82) is 0 Å². The van der Waals surface area contributed by atoms with Crippen molar-refractivity contribution >= 4 is 21.6 Å². The average Bonchev–Trinajstić information content (AvgIpc) is 2.60. The fourth-order valence-corrected chi connectivity index (χ4v) is 4.65. The second kappa shape index (κ2) is 8.62. The van der Waals surface area contributed by atoms with Crippen molar-refractivity contribution in [1.82, 2.24) is 4.31 Å². The van der Waals surface area contributed by atoms with Gasteiger partial charge in [-0.1, -0.05) is 17.7 Å². The molecule has 28 heavy (non-hydrogen) atoms. The smallest absolute Gasteiger partial charge is 0.243 e. The van der Waals surface area contributed by atoms with Crippen molar-refractivity contribution in [3.8, 4) is 11.5 Å². The van der Waals surface area contributed by atoms with E-state index in [2.05, 4.69) is 5.32 Å². The van der Waals surface area contributed by atoms with E-state index in [0.717, 1.165) is 9.87 Å². The van der Waals surface area contributed by atoms with Gasteiger partial charge < -0.3 is 14.8 Å². The number of carbonyl (C=O) groups excluding carboxylic acids is 1. The van der Waals surface area contributed by atoms with E-state index in [4.69, 9.17) is 9.47 Å². The van der Waals surface area contributed by atoms with E-state index in [0.29, 0.717) is 28.3 Å². The van der Waals surface area contributed by atoms with Crippen LogP contribution in [0.1, 0.15) is 16.7 Å². The highest BCUT2D eigenvalue weighted by atomic mass is 32.2. The molecule has 0 saturated carbocycles. The van der Waals surface area contributed by atoms with Crippen LogP contribution in [-0.4, -0.2) is 46.4 Å². The number of likely N-dealkylation sites (N-methyl/N-ethyl adjacent to an activating group) is 1. The molecule has 152 valence electrons. The Morgan fingerprint density at radius 3 is 2.18 bits per heavy atom. The van der Waals surface area contributed by atoms with Crippen LogP contribution in [0.15, 0.2) is 35.2 Å². The molecular formula is C20H26N2O5S. The summed E-state index contributed by atoms with van der Waals surface area (Å²) in [6.07, 6.45) is 0. The minimum atomic E-state index is -3.82. The van der Waals surface area contributed by atoms with E-state index in [9.17, 15) is 13.2 Å². The number of ether oxygens (including phenoxy) is 2. The molecule has 7 nitrogen and oxygen atoms in total. The second-order valence-corrected chi connectivity index (χ2v) is 8.59. The van der Waals surface area contributed by atoms with E-state index in [1.165, 1.54) is 21.3 Å². The standard InChI is InChI=1S/C20H26N2O5S/c1-13-9-14(2)20(15(3)10-13)28(24,25)22(4)12-19(23)21-17-11-16(26-5)7-8-18(17)27-6/h7-11H,12H2,1-6H3,(H,21,23). The number of benzene rings is 2. The summed E-state index contributed by atoms with van der Waals surface area (Å²) in [4.78, 5) is 12.7. The number of methoxy groups -OCH3 is 2. The molecule has 1 amide bonds. The van der Waals surface area contributed by atoms with Gasteiger partial charge in [-0.3, -0.25) is 4.79 Å². The minimum absolute atomic E-state index is 0.229. The van der Waals surface area contributed by atoms with Crippen LogP contribution in [0.4, 0.5) is 5.69 Å². The fourth-order valence-electron chi connectivity index (χ4n) is 3.12. The number of carbonyl (C=O) groups is 1. The van der Waals surface area contributed by atoms with Crippen molar-refractivity contribution in [2.75, 3.05) is 33.1 Å². The molecule has 0 atom stereocenters. The number of hydrogen-bond donors (Lipinski definition) is 1. The number of aryl methyl sites for hydroxylation is 3. The first kappa shape index (κ1) is 21.7. The summed E-state index contributed by atoms with van der Waals surface area (Å²) in [5.74, 6) is 0.507. The van der Waals surface area contributed by atoms with Crippen molar-refractivity contribution in [2.45, 2.75) is 25.7 Å². The van der Waals surface area contributed by atoms with Crippen LogP contribution in [0.3, 0.4) is 0 Å². The molecule has 0 aliphatic carbocycles. The van der Waals surface area contributed by atoms with Crippen molar-refractivity contribution in [3.05, 3.63) is 47.0 Å². The Morgan fingerprint density at radius 1 is 1.04 bits per heavy atom. The number of amides is 1. The Morgan fingerprint density at radius 2 is 1.64 bits per heavy atom. The zero-order chi connectivity index (χ0) is 21.1. The predicted octanol–water partition coefficient (Wildman–Crippen LogP) is 2.89. The number of nitrogens with one attached hydrogen (secondary N) is 1. The third-order valence-corrected chi connectivity index (χ3v) is 6.43. The van der Waals surface area contributed by atoms with Gasteiger partial charge in [-0.25, -0.2) is 8.42 Å². The van der Waals surface area contributed by atoms with Gasteiger partial charge in [0.15, 0.2) is 0 Å². The van der Waals surface area contributed by atoms with Gasteiger partial charge in [0.05, 0.1) is 31.3 Å². The Hall–Kier alpha value is -2.58. The van der Waals surface area contributed by atoms with Crippen molar-refractivity contribution in [3.63, 3.8) is 0 Å². The molecular weight excluding hydrogens is 380 g/mol. The van der Waals surface area contributed by atoms with E-state index in [1.807, 2.05) is 19.1 Å². The maximum Gasteiger partial charge on any atom is 0.243 e. The highest BCUT2D eigenvalue weighted by molar-refractivity contribution is 7.89. The summed E-state index contributed by atoms with van der Waals surface area (Å²) in [5, 5.41) is 2.68. The molecule has 2 aromatic rings. The van der Waals surface area contributed by atoms with Gasteiger partial charge in [-0.2, -0.15) is 4.31 Å². The van der Waals surface area contributed by atoms with Crippen molar-refractivity contribution in [2.24, 2.45) is 0 Å². The highest BCUT2D eigenvalue weighted by Crippen LogP contribution is 2.29. The molecule has 0 aliphatic heterocycles. The van der Waals surface area contributed by atoms with Crippen LogP contribution >= 0.6 is 0 Å². The molecule has 0 fully saturated rings. The lowest BCUT2D eigenvalue weighted by Gasteiger charge is -2.20. The number of anilines is 1. The van der Waals surface area contributed by atoms with Crippen molar-refractivity contribution < 1.29 is 22.7 Å². The average molecular weight is 407 g/mol. The molecule has 0 aliphatic rings. The maximum absolute atomic E-state index is 13.0. The van der Waals surface area contributed by atoms with Crippen LogP contribution in [0, 0.1) is 20.8 Å². The van der Waals surface area contributed by atoms with Crippen LogP contribution in [0.25, 0.3) is 0 Å². The van der Waals surface area contributed by atoms with Gasteiger partial charge in [-0.05, 0) is 44.0 Å².